The van der Waals surface area contributed by atoms with Gasteiger partial charge in [-0.3, -0.25) is 4.99 Å². The molecule has 3 atom stereocenters. The van der Waals surface area contributed by atoms with Crippen molar-refractivity contribution in [1.29, 1.82) is 0 Å². The second-order valence-electron chi connectivity index (χ2n) is 6.19. The van der Waals surface area contributed by atoms with E-state index in [0.717, 1.165) is 17.6 Å². The Kier molecular flexibility index (Phi) is 3.53. The summed E-state index contributed by atoms with van der Waals surface area (Å²) in [5.41, 5.74) is 0.231. The van der Waals surface area contributed by atoms with Crippen molar-refractivity contribution in [2.24, 2.45) is 16.8 Å². The highest BCUT2D eigenvalue weighted by atomic mass is 32.2. The Morgan fingerprint density at radius 2 is 2.06 bits per heavy atom. The molecule has 2 nitrogen and oxygen atoms in total. The molecule has 1 aliphatic carbocycles. The fourth-order valence-electron chi connectivity index (χ4n) is 2.67. The first-order valence-electron chi connectivity index (χ1n) is 6.45. The predicted molar refractivity (Wildman–Crippen MR) is 73.1 cm³/mol. The summed E-state index contributed by atoms with van der Waals surface area (Å²) in [4.78, 5) is 4.91. The molecule has 1 saturated carbocycles. The van der Waals surface area contributed by atoms with E-state index in [4.69, 9.17) is 4.99 Å². The second-order valence-corrected chi connectivity index (χ2v) is 7.16. The summed E-state index contributed by atoms with van der Waals surface area (Å²) in [6.45, 7) is 9.21. The molecular formula is C13H24N2S. The molecule has 92 valence electrons. The van der Waals surface area contributed by atoms with Crippen LogP contribution < -0.4 is 5.32 Å². The molecule has 1 saturated heterocycles. The van der Waals surface area contributed by atoms with Crippen LogP contribution in [0.25, 0.3) is 0 Å². The quantitative estimate of drug-likeness (QED) is 0.760. The van der Waals surface area contributed by atoms with Crippen molar-refractivity contribution in [3.8, 4) is 0 Å². The molecule has 0 aromatic carbocycles. The average molecular weight is 240 g/mol. The fourth-order valence-corrected chi connectivity index (χ4v) is 3.80. The molecule has 0 spiro atoms. The van der Waals surface area contributed by atoms with Gasteiger partial charge in [-0.1, -0.05) is 25.6 Å². The third kappa shape index (κ3) is 2.93. The first-order valence-corrected chi connectivity index (χ1v) is 7.43. The normalized spacial score (nSPS) is 41.0. The van der Waals surface area contributed by atoms with Gasteiger partial charge in [-0.25, -0.2) is 0 Å². The first kappa shape index (κ1) is 12.3. The van der Waals surface area contributed by atoms with E-state index in [2.05, 4.69) is 33.0 Å². The summed E-state index contributed by atoms with van der Waals surface area (Å²) in [7, 11) is 0. The highest BCUT2D eigenvalue weighted by molar-refractivity contribution is 8.14. The van der Waals surface area contributed by atoms with Crippen LogP contribution in [0, 0.1) is 11.8 Å². The minimum Gasteiger partial charge on any atom is -0.359 e. The Hall–Kier alpha value is -0.180. The van der Waals surface area contributed by atoms with E-state index in [1.807, 2.05) is 11.8 Å². The van der Waals surface area contributed by atoms with Crippen LogP contribution in [0.3, 0.4) is 0 Å². The van der Waals surface area contributed by atoms with E-state index in [0.29, 0.717) is 6.04 Å². The van der Waals surface area contributed by atoms with Crippen molar-refractivity contribution < 1.29 is 0 Å². The largest absolute Gasteiger partial charge is 0.359 e. The smallest absolute Gasteiger partial charge is 0.157 e. The van der Waals surface area contributed by atoms with Crippen LogP contribution in [0.4, 0.5) is 0 Å². The van der Waals surface area contributed by atoms with Crippen molar-refractivity contribution in [2.75, 3.05) is 5.75 Å². The number of nitrogens with one attached hydrogen (secondary N) is 1. The number of nitrogens with zero attached hydrogens (tertiary/aromatic N) is 1. The lowest BCUT2D eigenvalue weighted by Crippen LogP contribution is -2.37. The minimum absolute atomic E-state index is 0.231. The van der Waals surface area contributed by atoms with Crippen molar-refractivity contribution >= 4 is 16.9 Å². The number of hydrogen-bond donors (Lipinski definition) is 1. The molecule has 0 amide bonds. The molecule has 1 heterocycles. The van der Waals surface area contributed by atoms with E-state index in [9.17, 15) is 0 Å². The van der Waals surface area contributed by atoms with Crippen LogP contribution in [0.2, 0.25) is 0 Å². The predicted octanol–water partition coefficient (Wildman–Crippen LogP) is 3.28. The Labute approximate surface area is 104 Å². The Bertz CT molecular complexity index is 286. The zero-order valence-electron chi connectivity index (χ0n) is 10.9. The maximum absolute atomic E-state index is 4.91. The van der Waals surface area contributed by atoms with Crippen LogP contribution in [0.5, 0.6) is 0 Å². The van der Waals surface area contributed by atoms with Gasteiger partial charge in [-0.15, -0.1) is 0 Å². The summed E-state index contributed by atoms with van der Waals surface area (Å²) < 4.78 is 0. The molecule has 1 N–H and O–H groups in total. The zero-order chi connectivity index (χ0) is 11.8. The van der Waals surface area contributed by atoms with E-state index < -0.39 is 0 Å². The van der Waals surface area contributed by atoms with Crippen LogP contribution in [0.1, 0.15) is 47.0 Å². The monoisotopic (exact) mass is 240 g/mol. The average Bonchev–Trinajstić information content (AvgIpc) is 2.51. The van der Waals surface area contributed by atoms with Gasteiger partial charge in [0.05, 0.1) is 6.04 Å². The van der Waals surface area contributed by atoms with Gasteiger partial charge >= 0.3 is 0 Å². The highest BCUT2D eigenvalue weighted by Crippen LogP contribution is 2.32. The molecule has 2 rings (SSSR count). The fraction of sp³-hybridized carbons (Fsp3) is 0.923. The summed E-state index contributed by atoms with van der Waals surface area (Å²) in [5, 5.41) is 4.70. The van der Waals surface area contributed by atoms with Gasteiger partial charge < -0.3 is 5.32 Å². The van der Waals surface area contributed by atoms with E-state index >= 15 is 0 Å². The number of thioether (sulfide) groups is 1. The number of rotatable bonds is 1. The molecule has 2 fully saturated rings. The van der Waals surface area contributed by atoms with Gasteiger partial charge in [-0.05, 0) is 44.9 Å². The molecule has 3 unspecified atom stereocenters. The number of hydrogen-bond acceptors (Lipinski definition) is 2. The first-order chi connectivity index (χ1) is 7.46. The standard InChI is InChI=1S/C13H24N2S/c1-9-5-6-11(10(2)7-9)14-12-15-13(3,4)8-16-12/h9-11H,5-8H2,1-4H3,(H,14,15). The summed E-state index contributed by atoms with van der Waals surface area (Å²) in [5.74, 6) is 2.79. The number of aliphatic imine (C=N–C) groups is 1. The van der Waals surface area contributed by atoms with Gasteiger partial charge in [0.2, 0.25) is 0 Å². The van der Waals surface area contributed by atoms with Gasteiger partial charge in [0.15, 0.2) is 5.17 Å². The van der Waals surface area contributed by atoms with Crippen LogP contribution in [0.15, 0.2) is 4.99 Å². The van der Waals surface area contributed by atoms with E-state index in [-0.39, 0.29) is 5.54 Å². The third-order valence-corrected chi connectivity index (χ3v) is 5.03. The summed E-state index contributed by atoms with van der Waals surface area (Å²) >= 11 is 1.88. The summed E-state index contributed by atoms with van der Waals surface area (Å²) in [6.07, 6.45) is 3.96. The molecule has 0 radical (unpaired) electrons. The molecule has 2 aliphatic rings. The van der Waals surface area contributed by atoms with Gasteiger partial charge in [0, 0.05) is 11.3 Å². The minimum atomic E-state index is 0.231. The van der Waals surface area contributed by atoms with Crippen LogP contribution >= 0.6 is 11.8 Å². The molecule has 0 aromatic rings. The van der Waals surface area contributed by atoms with E-state index in [1.54, 1.807) is 0 Å². The Morgan fingerprint density at radius 1 is 1.31 bits per heavy atom. The lowest BCUT2D eigenvalue weighted by atomic mass is 9.80. The topological polar surface area (TPSA) is 24.4 Å². The molecule has 0 bridgehead atoms. The summed E-state index contributed by atoms with van der Waals surface area (Å²) in [6, 6.07) is 0.556. The number of amidine groups is 1. The van der Waals surface area contributed by atoms with Crippen LogP contribution in [-0.2, 0) is 0 Å². The molecule has 16 heavy (non-hydrogen) atoms. The lowest BCUT2D eigenvalue weighted by molar-refractivity contribution is 0.264. The highest BCUT2D eigenvalue weighted by Gasteiger charge is 2.30. The SMILES string of the molecule is CC1CCC(N=C2NC(C)(C)CS2)C(C)C1. The zero-order valence-corrected chi connectivity index (χ0v) is 11.7. The molecular weight excluding hydrogens is 216 g/mol. The second kappa shape index (κ2) is 4.59. The van der Waals surface area contributed by atoms with Crippen molar-refractivity contribution in [2.45, 2.75) is 58.5 Å². The van der Waals surface area contributed by atoms with Gasteiger partial charge in [-0.2, -0.15) is 0 Å². The van der Waals surface area contributed by atoms with Crippen molar-refractivity contribution in [3.05, 3.63) is 0 Å². The molecule has 3 heteroatoms. The van der Waals surface area contributed by atoms with Crippen molar-refractivity contribution in [3.63, 3.8) is 0 Å². The molecule has 1 aliphatic heterocycles. The maximum Gasteiger partial charge on any atom is 0.157 e. The lowest BCUT2D eigenvalue weighted by Gasteiger charge is -2.30. The third-order valence-electron chi connectivity index (χ3n) is 3.68. The van der Waals surface area contributed by atoms with Gasteiger partial charge in [0.25, 0.3) is 0 Å². The Morgan fingerprint density at radius 3 is 2.62 bits per heavy atom. The van der Waals surface area contributed by atoms with E-state index in [1.165, 1.54) is 24.4 Å². The molecule has 0 aromatic heterocycles. The Balaban J connectivity index is 1.96. The van der Waals surface area contributed by atoms with Crippen LogP contribution in [-0.4, -0.2) is 22.5 Å². The van der Waals surface area contributed by atoms with Gasteiger partial charge in [0.1, 0.15) is 0 Å². The van der Waals surface area contributed by atoms with Crippen molar-refractivity contribution in [1.82, 2.24) is 5.32 Å². The maximum atomic E-state index is 4.91.